The third-order valence-corrected chi connectivity index (χ3v) is 6.49. The fourth-order valence-electron chi connectivity index (χ4n) is 4.00. The van der Waals surface area contributed by atoms with Crippen LogP contribution in [-0.4, -0.2) is 15.8 Å². The monoisotopic (exact) mass is 414 g/mol. The molecule has 0 aromatic heterocycles. The third-order valence-electron chi connectivity index (χ3n) is 5.51. The summed E-state index contributed by atoms with van der Waals surface area (Å²) >= 11 is 2.41. The van der Waals surface area contributed by atoms with E-state index in [1.807, 2.05) is 12.1 Å². The maximum absolute atomic E-state index is 9.40. The Labute approximate surface area is 147 Å². The van der Waals surface area contributed by atoms with Crippen LogP contribution in [0.3, 0.4) is 0 Å². The second-order valence-corrected chi connectivity index (χ2v) is 8.46. The maximum Gasteiger partial charge on any atom is 0.115 e. The molecule has 3 rings (SSSR count). The highest BCUT2D eigenvalue weighted by Crippen LogP contribution is 2.39. The summed E-state index contributed by atoms with van der Waals surface area (Å²) in [7, 11) is 0. The first-order chi connectivity index (χ1) is 10.7. The molecule has 0 bridgehead atoms. The lowest BCUT2D eigenvalue weighted by Crippen LogP contribution is -2.23. The molecule has 1 saturated carbocycles. The average molecular weight is 414 g/mol. The molecule has 2 unspecified atom stereocenters. The number of alkyl halides is 1. The average Bonchev–Trinajstić information content (AvgIpc) is 2.56. The maximum atomic E-state index is 9.40. The molecular weight excluding hydrogens is 387 g/mol. The quantitative estimate of drug-likeness (QED) is 0.511. The van der Waals surface area contributed by atoms with E-state index in [4.69, 9.17) is 4.74 Å². The van der Waals surface area contributed by atoms with Gasteiger partial charge < -0.3 is 9.84 Å². The summed E-state index contributed by atoms with van der Waals surface area (Å²) in [5, 5.41) is 9.40. The molecule has 3 heteroatoms. The topological polar surface area (TPSA) is 29.5 Å². The number of rotatable bonds is 4. The van der Waals surface area contributed by atoms with Crippen molar-refractivity contribution in [1.82, 2.24) is 0 Å². The summed E-state index contributed by atoms with van der Waals surface area (Å²) in [5.41, 5.74) is 1.41. The van der Waals surface area contributed by atoms with Gasteiger partial charge in [0.25, 0.3) is 0 Å². The lowest BCUT2D eigenvalue weighted by Gasteiger charge is -2.31. The van der Waals surface area contributed by atoms with Gasteiger partial charge in [0.1, 0.15) is 9.86 Å². The molecular formula is C19H27IO2. The minimum atomic E-state index is 0.376. The first kappa shape index (κ1) is 16.6. The van der Waals surface area contributed by atoms with Gasteiger partial charge >= 0.3 is 0 Å². The molecule has 122 valence electrons. The van der Waals surface area contributed by atoms with E-state index in [9.17, 15) is 5.11 Å². The molecule has 1 saturated heterocycles. The SMILES string of the molecule is Oc1ccc(C2CCC(CCC3CCC(I)OC3)CC2)cc1. The van der Waals surface area contributed by atoms with Crippen molar-refractivity contribution in [1.29, 1.82) is 0 Å². The van der Waals surface area contributed by atoms with Gasteiger partial charge in [0.05, 0.1) is 6.61 Å². The molecule has 2 nitrogen and oxygen atoms in total. The summed E-state index contributed by atoms with van der Waals surface area (Å²) in [5.74, 6) is 2.81. The summed E-state index contributed by atoms with van der Waals surface area (Å²) in [6.07, 6.45) is 10.7. The van der Waals surface area contributed by atoms with Crippen molar-refractivity contribution in [3.63, 3.8) is 0 Å². The van der Waals surface area contributed by atoms with Gasteiger partial charge in [-0.1, -0.05) is 41.1 Å². The van der Waals surface area contributed by atoms with Gasteiger partial charge in [0.2, 0.25) is 0 Å². The van der Waals surface area contributed by atoms with Gasteiger partial charge in [-0.15, -0.1) is 0 Å². The van der Waals surface area contributed by atoms with Crippen molar-refractivity contribution in [2.24, 2.45) is 11.8 Å². The summed E-state index contributed by atoms with van der Waals surface area (Å²) in [6.45, 7) is 0.983. The Morgan fingerprint density at radius 1 is 0.909 bits per heavy atom. The van der Waals surface area contributed by atoms with Crippen molar-refractivity contribution >= 4 is 22.6 Å². The zero-order valence-corrected chi connectivity index (χ0v) is 15.4. The molecule has 0 radical (unpaired) electrons. The number of benzene rings is 1. The minimum absolute atomic E-state index is 0.376. The fraction of sp³-hybridized carbons (Fsp3) is 0.684. The van der Waals surface area contributed by atoms with Crippen LogP contribution >= 0.6 is 22.6 Å². The van der Waals surface area contributed by atoms with Crippen molar-refractivity contribution in [3.8, 4) is 5.75 Å². The van der Waals surface area contributed by atoms with Gasteiger partial charge in [-0.25, -0.2) is 0 Å². The Bertz CT molecular complexity index is 443. The lowest BCUT2D eigenvalue weighted by atomic mass is 9.76. The van der Waals surface area contributed by atoms with E-state index in [2.05, 4.69) is 34.7 Å². The predicted molar refractivity (Wildman–Crippen MR) is 98.5 cm³/mol. The standard InChI is InChI=1S/C19H27IO2/c20-19-12-5-15(13-22-19)2-1-14-3-6-16(7-4-14)17-8-10-18(21)11-9-17/h8-11,14-16,19,21H,1-7,12-13H2. The number of hydrogen-bond donors (Lipinski definition) is 1. The van der Waals surface area contributed by atoms with Gasteiger partial charge in [-0.2, -0.15) is 0 Å². The summed E-state index contributed by atoms with van der Waals surface area (Å²) < 4.78 is 6.23. The van der Waals surface area contributed by atoms with E-state index in [1.165, 1.54) is 56.9 Å². The Balaban J connectivity index is 1.39. The first-order valence-corrected chi connectivity index (χ1v) is 10.00. The van der Waals surface area contributed by atoms with Crippen molar-refractivity contribution in [3.05, 3.63) is 29.8 Å². The van der Waals surface area contributed by atoms with Crippen LogP contribution in [0.2, 0.25) is 0 Å². The molecule has 2 fully saturated rings. The highest BCUT2D eigenvalue weighted by atomic mass is 127. The molecule has 0 amide bonds. The predicted octanol–water partition coefficient (Wildman–Crippen LogP) is 5.63. The van der Waals surface area contributed by atoms with Crippen molar-refractivity contribution < 1.29 is 9.84 Å². The highest BCUT2D eigenvalue weighted by Gasteiger charge is 2.24. The van der Waals surface area contributed by atoms with E-state index in [0.29, 0.717) is 15.8 Å². The Morgan fingerprint density at radius 2 is 1.55 bits per heavy atom. The van der Waals surface area contributed by atoms with Gasteiger partial charge in [-0.3, -0.25) is 0 Å². The van der Waals surface area contributed by atoms with E-state index >= 15 is 0 Å². The second-order valence-electron chi connectivity index (χ2n) is 7.07. The van der Waals surface area contributed by atoms with Crippen LogP contribution in [0.25, 0.3) is 0 Å². The normalized spacial score (nSPS) is 32.8. The number of phenolic OH excluding ortho intramolecular Hbond substituents is 1. The smallest absolute Gasteiger partial charge is 0.115 e. The molecule has 0 spiro atoms. The van der Waals surface area contributed by atoms with Crippen LogP contribution in [0.4, 0.5) is 0 Å². The van der Waals surface area contributed by atoms with Gasteiger partial charge in [0, 0.05) is 0 Å². The molecule has 1 heterocycles. The van der Waals surface area contributed by atoms with Crippen LogP contribution in [0.1, 0.15) is 62.8 Å². The molecule has 2 atom stereocenters. The second kappa shape index (κ2) is 8.00. The van der Waals surface area contributed by atoms with Crippen LogP contribution in [0.15, 0.2) is 24.3 Å². The highest BCUT2D eigenvalue weighted by molar-refractivity contribution is 14.1. The molecule has 22 heavy (non-hydrogen) atoms. The van der Waals surface area contributed by atoms with Crippen molar-refractivity contribution in [2.45, 2.75) is 61.4 Å². The molecule has 1 aromatic rings. The molecule has 1 aromatic carbocycles. The van der Waals surface area contributed by atoms with Crippen LogP contribution in [0, 0.1) is 11.8 Å². The molecule has 2 aliphatic rings. The lowest BCUT2D eigenvalue weighted by molar-refractivity contribution is 0.0371. The number of aromatic hydroxyl groups is 1. The first-order valence-electron chi connectivity index (χ1n) is 8.75. The number of phenols is 1. The number of hydrogen-bond acceptors (Lipinski definition) is 2. The van der Waals surface area contributed by atoms with E-state index in [-0.39, 0.29) is 0 Å². The third kappa shape index (κ3) is 4.60. The largest absolute Gasteiger partial charge is 0.508 e. The number of ether oxygens (including phenoxy) is 1. The van der Waals surface area contributed by atoms with E-state index < -0.39 is 0 Å². The van der Waals surface area contributed by atoms with E-state index in [0.717, 1.165) is 18.4 Å². The zero-order valence-electron chi connectivity index (χ0n) is 13.2. The summed E-state index contributed by atoms with van der Waals surface area (Å²) in [6, 6.07) is 7.84. The van der Waals surface area contributed by atoms with Gasteiger partial charge in [-0.05, 0) is 80.4 Å². The van der Waals surface area contributed by atoms with E-state index in [1.54, 1.807) is 0 Å². The fourth-order valence-corrected chi connectivity index (χ4v) is 4.57. The molecule has 1 aliphatic heterocycles. The number of halogens is 1. The Hall–Kier alpha value is -0.290. The summed E-state index contributed by atoms with van der Waals surface area (Å²) in [4.78, 5) is 0. The zero-order chi connectivity index (χ0) is 15.4. The Kier molecular flexibility index (Phi) is 6.02. The minimum Gasteiger partial charge on any atom is -0.508 e. The van der Waals surface area contributed by atoms with Crippen LogP contribution < -0.4 is 0 Å². The molecule has 1 aliphatic carbocycles. The van der Waals surface area contributed by atoms with Crippen LogP contribution in [-0.2, 0) is 4.74 Å². The Morgan fingerprint density at radius 3 is 2.18 bits per heavy atom. The van der Waals surface area contributed by atoms with Gasteiger partial charge in [0.15, 0.2) is 0 Å². The molecule has 1 N–H and O–H groups in total. The van der Waals surface area contributed by atoms with Crippen LogP contribution in [0.5, 0.6) is 5.75 Å². The van der Waals surface area contributed by atoms with Crippen molar-refractivity contribution in [2.75, 3.05) is 6.61 Å².